The molecule has 106 valence electrons. The first-order valence-corrected chi connectivity index (χ1v) is 5.86. The quantitative estimate of drug-likeness (QED) is 0.902. The number of ether oxygens (including phenoxy) is 1. The minimum Gasteiger partial charge on any atom is -0.439 e. The lowest BCUT2D eigenvalue weighted by Crippen LogP contribution is -2.07. The number of anilines is 1. The van der Waals surface area contributed by atoms with Gasteiger partial charge >= 0.3 is 6.18 Å². The molecule has 2 rings (SSSR count). The van der Waals surface area contributed by atoms with Gasteiger partial charge in [-0.15, -0.1) is 0 Å². The van der Waals surface area contributed by atoms with E-state index in [0.29, 0.717) is 5.75 Å². The van der Waals surface area contributed by atoms with Crippen LogP contribution in [0.1, 0.15) is 16.7 Å². The second kappa shape index (κ2) is 5.03. The highest BCUT2D eigenvalue weighted by atomic mass is 19.4. The number of hydrogen-bond donors (Lipinski definition) is 1. The highest BCUT2D eigenvalue weighted by Crippen LogP contribution is 2.34. The lowest BCUT2D eigenvalue weighted by molar-refractivity contribution is -0.137. The molecule has 0 aliphatic heterocycles. The average Bonchev–Trinajstić information content (AvgIpc) is 2.33. The van der Waals surface area contributed by atoms with Gasteiger partial charge in [0.1, 0.15) is 11.6 Å². The third-order valence-corrected chi connectivity index (χ3v) is 2.92. The van der Waals surface area contributed by atoms with E-state index in [4.69, 9.17) is 10.5 Å². The van der Waals surface area contributed by atoms with Crippen LogP contribution < -0.4 is 10.5 Å². The second-order valence-electron chi connectivity index (χ2n) is 4.42. The van der Waals surface area contributed by atoms with Crippen molar-refractivity contribution >= 4 is 5.82 Å². The average molecular weight is 282 g/mol. The van der Waals surface area contributed by atoms with Crippen molar-refractivity contribution in [3.8, 4) is 11.6 Å². The SMILES string of the molecule is Cc1cccc(Oc2cc(C(F)(F)F)cc(N)n2)c1C. The molecule has 1 aromatic heterocycles. The van der Waals surface area contributed by atoms with Crippen molar-refractivity contribution in [1.29, 1.82) is 0 Å². The van der Waals surface area contributed by atoms with E-state index in [2.05, 4.69) is 4.98 Å². The molecule has 0 unspecified atom stereocenters. The van der Waals surface area contributed by atoms with Gasteiger partial charge in [-0.05, 0) is 37.1 Å². The highest BCUT2D eigenvalue weighted by Gasteiger charge is 2.31. The Morgan fingerprint density at radius 1 is 1.15 bits per heavy atom. The van der Waals surface area contributed by atoms with Gasteiger partial charge in [0.05, 0.1) is 5.56 Å². The summed E-state index contributed by atoms with van der Waals surface area (Å²) >= 11 is 0. The van der Waals surface area contributed by atoms with Gasteiger partial charge in [-0.2, -0.15) is 18.2 Å². The molecule has 0 radical (unpaired) electrons. The van der Waals surface area contributed by atoms with Crippen molar-refractivity contribution in [3.63, 3.8) is 0 Å². The standard InChI is InChI=1S/C14H13F3N2O/c1-8-4-3-5-11(9(8)2)20-13-7-10(14(15,16)17)6-12(18)19-13/h3-7H,1-2H3,(H2,18,19). The van der Waals surface area contributed by atoms with Crippen LogP contribution in [0.25, 0.3) is 0 Å². The summed E-state index contributed by atoms with van der Waals surface area (Å²) in [6.45, 7) is 3.71. The van der Waals surface area contributed by atoms with Gasteiger partial charge in [0, 0.05) is 6.07 Å². The first-order chi connectivity index (χ1) is 9.27. The number of nitrogen functional groups attached to an aromatic ring is 1. The van der Waals surface area contributed by atoms with Gasteiger partial charge in [0.2, 0.25) is 5.88 Å². The zero-order chi connectivity index (χ0) is 14.9. The van der Waals surface area contributed by atoms with Gasteiger partial charge in [-0.3, -0.25) is 0 Å². The van der Waals surface area contributed by atoms with E-state index in [1.54, 1.807) is 12.1 Å². The topological polar surface area (TPSA) is 48.1 Å². The smallest absolute Gasteiger partial charge is 0.416 e. The molecule has 0 spiro atoms. The third-order valence-electron chi connectivity index (χ3n) is 2.92. The Morgan fingerprint density at radius 3 is 2.50 bits per heavy atom. The Hall–Kier alpha value is -2.24. The molecule has 0 saturated heterocycles. The van der Waals surface area contributed by atoms with E-state index >= 15 is 0 Å². The molecule has 0 aliphatic carbocycles. The molecule has 6 heteroatoms. The monoisotopic (exact) mass is 282 g/mol. The number of halogens is 3. The molecule has 3 nitrogen and oxygen atoms in total. The summed E-state index contributed by atoms with van der Waals surface area (Å²) in [6, 6.07) is 6.92. The Labute approximate surface area is 114 Å². The van der Waals surface area contributed by atoms with Crippen LogP contribution in [0, 0.1) is 13.8 Å². The van der Waals surface area contributed by atoms with E-state index in [1.807, 2.05) is 19.9 Å². The fraction of sp³-hybridized carbons (Fsp3) is 0.214. The van der Waals surface area contributed by atoms with Crippen LogP contribution >= 0.6 is 0 Å². The summed E-state index contributed by atoms with van der Waals surface area (Å²) in [5.74, 6) is 0.0439. The number of nitrogens with two attached hydrogens (primary N) is 1. The molecule has 0 amide bonds. The van der Waals surface area contributed by atoms with Gasteiger partial charge in [0.15, 0.2) is 0 Å². The minimum absolute atomic E-state index is 0.175. The Bertz CT molecular complexity index is 639. The maximum atomic E-state index is 12.7. The predicted octanol–water partition coefficient (Wildman–Crippen LogP) is 4.09. The first kappa shape index (κ1) is 14.2. The number of nitrogens with zero attached hydrogens (tertiary/aromatic N) is 1. The minimum atomic E-state index is -4.49. The largest absolute Gasteiger partial charge is 0.439 e. The highest BCUT2D eigenvalue weighted by molar-refractivity contribution is 5.43. The summed E-state index contributed by atoms with van der Waals surface area (Å²) in [4.78, 5) is 3.77. The van der Waals surface area contributed by atoms with Crippen molar-refractivity contribution in [2.24, 2.45) is 0 Å². The van der Waals surface area contributed by atoms with Crippen LogP contribution in [-0.2, 0) is 6.18 Å². The van der Waals surface area contributed by atoms with Crippen LogP contribution in [0.3, 0.4) is 0 Å². The van der Waals surface area contributed by atoms with Gasteiger partial charge < -0.3 is 10.5 Å². The molecular weight excluding hydrogens is 269 g/mol. The second-order valence-corrected chi connectivity index (χ2v) is 4.42. The zero-order valence-corrected chi connectivity index (χ0v) is 11.0. The summed E-state index contributed by atoms with van der Waals surface area (Å²) in [5, 5.41) is 0. The van der Waals surface area contributed by atoms with Crippen molar-refractivity contribution in [2.75, 3.05) is 5.73 Å². The maximum Gasteiger partial charge on any atom is 0.416 e. The predicted molar refractivity (Wildman–Crippen MR) is 69.6 cm³/mol. The number of aromatic nitrogens is 1. The van der Waals surface area contributed by atoms with E-state index in [-0.39, 0.29) is 11.7 Å². The third kappa shape index (κ3) is 3.01. The Balaban J connectivity index is 2.39. The lowest BCUT2D eigenvalue weighted by Gasteiger charge is -2.12. The molecule has 0 saturated carbocycles. The number of benzene rings is 1. The first-order valence-electron chi connectivity index (χ1n) is 5.86. The normalized spacial score (nSPS) is 11.4. The lowest BCUT2D eigenvalue weighted by atomic mass is 10.1. The van der Waals surface area contributed by atoms with Crippen molar-refractivity contribution in [2.45, 2.75) is 20.0 Å². The van der Waals surface area contributed by atoms with Crippen LogP contribution in [0.5, 0.6) is 11.6 Å². The van der Waals surface area contributed by atoms with Gasteiger partial charge in [-0.25, -0.2) is 0 Å². The number of hydrogen-bond acceptors (Lipinski definition) is 3. The molecule has 0 fully saturated rings. The fourth-order valence-electron chi connectivity index (χ4n) is 1.69. The summed E-state index contributed by atoms with van der Waals surface area (Å²) < 4.78 is 43.5. The summed E-state index contributed by atoms with van der Waals surface area (Å²) in [6.07, 6.45) is -4.49. The number of rotatable bonds is 2. The van der Waals surface area contributed by atoms with Crippen LogP contribution in [0.15, 0.2) is 30.3 Å². The molecule has 0 atom stereocenters. The molecule has 1 heterocycles. The molecular formula is C14H13F3N2O. The molecule has 2 N–H and O–H groups in total. The van der Waals surface area contributed by atoms with E-state index in [9.17, 15) is 13.2 Å². The molecule has 2 aromatic rings. The molecule has 20 heavy (non-hydrogen) atoms. The number of alkyl halides is 3. The van der Waals surface area contributed by atoms with Crippen LogP contribution in [0.4, 0.5) is 19.0 Å². The molecule has 0 bridgehead atoms. The molecule has 1 aromatic carbocycles. The van der Waals surface area contributed by atoms with Crippen LogP contribution in [0.2, 0.25) is 0 Å². The van der Waals surface area contributed by atoms with Crippen LogP contribution in [-0.4, -0.2) is 4.98 Å². The van der Waals surface area contributed by atoms with Gasteiger partial charge in [0.25, 0.3) is 0 Å². The van der Waals surface area contributed by atoms with Crippen molar-refractivity contribution < 1.29 is 17.9 Å². The van der Waals surface area contributed by atoms with E-state index in [1.165, 1.54) is 0 Å². The maximum absolute atomic E-state index is 12.7. The Kier molecular flexibility index (Phi) is 3.57. The van der Waals surface area contributed by atoms with E-state index in [0.717, 1.165) is 23.3 Å². The van der Waals surface area contributed by atoms with Crippen molar-refractivity contribution in [3.05, 3.63) is 47.0 Å². The molecule has 0 aliphatic rings. The number of pyridine rings is 1. The fourth-order valence-corrected chi connectivity index (χ4v) is 1.69. The summed E-state index contributed by atoms with van der Waals surface area (Å²) in [7, 11) is 0. The van der Waals surface area contributed by atoms with Gasteiger partial charge in [-0.1, -0.05) is 12.1 Å². The zero-order valence-electron chi connectivity index (χ0n) is 11.0. The van der Waals surface area contributed by atoms with Crippen molar-refractivity contribution in [1.82, 2.24) is 4.98 Å². The Morgan fingerprint density at radius 2 is 1.85 bits per heavy atom. The van der Waals surface area contributed by atoms with E-state index < -0.39 is 11.7 Å². The number of aryl methyl sites for hydroxylation is 1. The summed E-state index contributed by atoms with van der Waals surface area (Å²) in [5.41, 5.74) is 6.32.